The topological polar surface area (TPSA) is 65.2 Å². The number of methoxy groups -OCH3 is 1. The summed E-state index contributed by atoms with van der Waals surface area (Å²) in [4.78, 5) is 16.3. The van der Waals surface area contributed by atoms with Gasteiger partial charge in [0.25, 0.3) is 5.91 Å². The van der Waals surface area contributed by atoms with Gasteiger partial charge in [0.2, 0.25) is 0 Å². The van der Waals surface area contributed by atoms with Gasteiger partial charge in [0.1, 0.15) is 0 Å². The van der Waals surface area contributed by atoms with E-state index < -0.39 is 5.91 Å². The van der Waals surface area contributed by atoms with Crippen molar-refractivity contribution in [2.45, 2.75) is 6.61 Å². The minimum absolute atomic E-state index is 0.388. The quantitative estimate of drug-likeness (QED) is 0.856. The van der Waals surface area contributed by atoms with Crippen molar-refractivity contribution in [3.8, 4) is 0 Å². The van der Waals surface area contributed by atoms with Gasteiger partial charge < -0.3 is 10.5 Å². The highest BCUT2D eigenvalue weighted by molar-refractivity contribution is 7.19. The number of nitrogens with two attached hydrogens (primary N) is 1. The molecule has 0 atom stereocenters. The normalized spacial score (nSPS) is 10.7. The minimum Gasteiger partial charge on any atom is -0.379 e. The summed E-state index contributed by atoms with van der Waals surface area (Å²) < 4.78 is 5.98. The average Bonchev–Trinajstić information content (AvgIpc) is 2.56. The van der Waals surface area contributed by atoms with Gasteiger partial charge in [0.05, 0.1) is 22.4 Å². The van der Waals surface area contributed by atoms with Crippen LogP contribution in [0.1, 0.15) is 15.2 Å². The molecule has 2 aromatic rings. The third-order valence-corrected chi connectivity index (χ3v) is 3.16. The number of carbonyl (C=O) groups excluding carboxylic acids is 1. The fraction of sp³-hybridized carbons (Fsp3) is 0.200. The Kier molecular flexibility index (Phi) is 2.66. The molecule has 2 N–H and O–H groups in total. The molecular formula is C10H10N2O2S. The van der Waals surface area contributed by atoms with E-state index in [1.807, 2.05) is 12.1 Å². The van der Waals surface area contributed by atoms with E-state index in [0.717, 1.165) is 9.58 Å². The van der Waals surface area contributed by atoms with Crippen molar-refractivity contribution in [1.29, 1.82) is 0 Å². The third-order valence-electron chi connectivity index (χ3n) is 2.04. The van der Waals surface area contributed by atoms with E-state index in [0.29, 0.717) is 17.7 Å². The van der Waals surface area contributed by atoms with Crippen molar-refractivity contribution in [1.82, 2.24) is 4.98 Å². The van der Waals surface area contributed by atoms with Gasteiger partial charge in [-0.1, -0.05) is 0 Å². The van der Waals surface area contributed by atoms with Crippen LogP contribution in [0.25, 0.3) is 10.2 Å². The molecule has 0 spiro atoms. The number of primary amides is 1. The van der Waals surface area contributed by atoms with E-state index in [-0.39, 0.29) is 0 Å². The van der Waals surface area contributed by atoms with Crippen LogP contribution in [0, 0.1) is 0 Å². The Balaban J connectivity index is 2.69. The molecule has 0 aliphatic heterocycles. The molecule has 15 heavy (non-hydrogen) atoms. The molecule has 0 radical (unpaired) electrons. The Morgan fingerprint density at radius 1 is 1.67 bits per heavy atom. The zero-order valence-corrected chi connectivity index (χ0v) is 9.00. The van der Waals surface area contributed by atoms with Crippen LogP contribution in [0.3, 0.4) is 0 Å². The molecule has 2 heterocycles. The van der Waals surface area contributed by atoms with Gasteiger partial charge in [-0.25, -0.2) is 0 Å². The lowest BCUT2D eigenvalue weighted by atomic mass is 10.2. The second-order valence-electron chi connectivity index (χ2n) is 3.05. The molecular weight excluding hydrogens is 212 g/mol. The number of nitrogens with zero attached hydrogens (tertiary/aromatic N) is 1. The summed E-state index contributed by atoms with van der Waals surface area (Å²) in [6, 6.07) is 3.75. The Morgan fingerprint density at radius 2 is 2.47 bits per heavy atom. The molecule has 2 aromatic heterocycles. The Bertz CT molecular complexity index is 507. The lowest BCUT2D eigenvalue weighted by molar-refractivity contribution is 0.0998. The molecule has 0 saturated carbocycles. The van der Waals surface area contributed by atoms with Gasteiger partial charge in [-0.2, -0.15) is 0 Å². The number of aromatic nitrogens is 1. The van der Waals surface area contributed by atoms with E-state index in [1.165, 1.54) is 11.3 Å². The first kappa shape index (κ1) is 10.1. The molecule has 0 aliphatic rings. The fourth-order valence-electron chi connectivity index (χ4n) is 1.46. The van der Waals surface area contributed by atoms with Crippen LogP contribution in [-0.2, 0) is 11.3 Å². The first-order chi connectivity index (χ1) is 7.24. The van der Waals surface area contributed by atoms with Crippen molar-refractivity contribution in [3.05, 3.63) is 28.8 Å². The number of rotatable bonds is 3. The van der Waals surface area contributed by atoms with Gasteiger partial charge in [0, 0.05) is 18.2 Å². The molecule has 78 valence electrons. The predicted molar refractivity (Wildman–Crippen MR) is 58.9 cm³/mol. The fourth-order valence-corrected chi connectivity index (χ4v) is 2.60. The summed E-state index contributed by atoms with van der Waals surface area (Å²) in [7, 11) is 1.59. The van der Waals surface area contributed by atoms with Gasteiger partial charge >= 0.3 is 0 Å². The van der Waals surface area contributed by atoms with Gasteiger partial charge in [-0.3, -0.25) is 9.78 Å². The lowest BCUT2D eigenvalue weighted by Crippen LogP contribution is -2.12. The average molecular weight is 222 g/mol. The molecule has 0 aromatic carbocycles. The molecule has 5 heteroatoms. The number of ether oxygens (including phenoxy) is 1. The summed E-state index contributed by atoms with van der Waals surface area (Å²) in [6.45, 7) is 0.388. The zero-order chi connectivity index (χ0) is 10.8. The zero-order valence-electron chi connectivity index (χ0n) is 8.19. The Morgan fingerprint density at radius 3 is 3.13 bits per heavy atom. The van der Waals surface area contributed by atoms with E-state index in [1.54, 1.807) is 13.3 Å². The van der Waals surface area contributed by atoms with Crippen LogP contribution in [0.4, 0.5) is 0 Å². The van der Waals surface area contributed by atoms with Crippen molar-refractivity contribution in [2.75, 3.05) is 7.11 Å². The van der Waals surface area contributed by atoms with Crippen molar-refractivity contribution in [3.63, 3.8) is 0 Å². The highest BCUT2D eigenvalue weighted by Crippen LogP contribution is 2.29. The summed E-state index contributed by atoms with van der Waals surface area (Å²) >= 11 is 1.49. The molecule has 0 aliphatic carbocycles. The van der Waals surface area contributed by atoms with Crippen LogP contribution >= 0.6 is 11.3 Å². The molecule has 0 fully saturated rings. The van der Waals surface area contributed by atoms with Crippen LogP contribution in [0.15, 0.2) is 18.3 Å². The van der Waals surface area contributed by atoms with Crippen LogP contribution < -0.4 is 5.73 Å². The molecule has 0 unspecified atom stereocenters. The summed E-state index contributed by atoms with van der Waals surface area (Å²) in [6.07, 6.45) is 1.65. The van der Waals surface area contributed by atoms with Crippen molar-refractivity contribution in [2.24, 2.45) is 5.73 Å². The number of hydrogen-bond donors (Lipinski definition) is 1. The van der Waals surface area contributed by atoms with E-state index >= 15 is 0 Å². The maximum atomic E-state index is 11.3. The number of hydrogen-bond acceptors (Lipinski definition) is 4. The number of amides is 1. The largest absolute Gasteiger partial charge is 0.379 e. The van der Waals surface area contributed by atoms with E-state index in [4.69, 9.17) is 10.5 Å². The van der Waals surface area contributed by atoms with Crippen molar-refractivity contribution < 1.29 is 9.53 Å². The maximum Gasteiger partial charge on any atom is 0.252 e. The number of thiophene rings is 1. The first-order valence-corrected chi connectivity index (χ1v) is 5.21. The van der Waals surface area contributed by atoms with Crippen LogP contribution in [0.5, 0.6) is 0 Å². The monoisotopic (exact) mass is 222 g/mol. The SMILES string of the molecule is COCc1sc2cccnc2c1C(N)=O. The standard InChI is InChI=1S/C10H10N2O2S/c1-14-5-7-8(10(11)13)9-6(15-7)3-2-4-12-9/h2-4H,5H2,1H3,(H2,11,13). The van der Waals surface area contributed by atoms with E-state index in [2.05, 4.69) is 4.98 Å². The van der Waals surface area contributed by atoms with Gasteiger partial charge in [0.15, 0.2) is 0 Å². The lowest BCUT2D eigenvalue weighted by Gasteiger charge is -1.97. The molecule has 0 bridgehead atoms. The number of fused-ring (bicyclic) bond motifs is 1. The number of pyridine rings is 1. The highest BCUT2D eigenvalue weighted by Gasteiger charge is 2.16. The highest BCUT2D eigenvalue weighted by atomic mass is 32.1. The van der Waals surface area contributed by atoms with E-state index in [9.17, 15) is 4.79 Å². The first-order valence-electron chi connectivity index (χ1n) is 4.39. The predicted octanol–water partition coefficient (Wildman–Crippen LogP) is 1.54. The minimum atomic E-state index is -0.452. The second kappa shape index (κ2) is 3.96. The summed E-state index contributed by atoms with van der Waals surface area (Å²) in [5, 5.41) is 0. The summed E-state index contributed by atoms with van der Waals surface area (Å²) in [5.41, 5.74) is 6.48. The summed E-state index contributed by atoms with van der Waals surface area (Å²) in [5.74, 6) is -0.452. The molecule has 4 nitrogen and oxygen atoms in total. The van der Waals surface area contributed by atoms with Crippen LogP contribution in [-0.4, -0.2) is 18.0 Å². The van der Waals surface area contributed by atoms with Crippen LogP contribution in [0.2, 0.25) is 0 Å². The van der Waals surface area contributed by atoms with Crippen molar-refractivity contribution >= 4 is 27.5 Å². The number of carbonyl (C=O) groups is 1. The second-order valence-corrected chi connectivity index (χ2v) is 4.18. The van der Waals surface area contributed by atoms with Gasteiger partial charge in [-0.05, 0) is 12.1 Å². The molecule has 2 rings (SSSR count). The smallest absolute Gasteiger partial charge is 0.252 e. The maximum absolute atomic E-state index is 11.3. The molecule has 0 saturated heterocycles. The third kappa shape index (κ3) is 1.71. The Labute approximate surface area is 90.7 Å². The Hall–Kier alpha value is -1.46. The van der Waals surface area contributed by atoms with Gasteiger partial charge in [-0.15, -0.1) is 11.3 Å². The molecule has 1 amide bonds.